The van der Waals surface area contributed by atoms with Crippen LogP contribution in [-0.4, -0.2) is 51.6 Å². The first-order chi connectivity index (χ1) is 16.4. The molecule has 34 heavy (non-hydrogen) atoms. The molecule has 1 aliphatic heterocycles. The molecular formula is C25H27FN6O2. The van der Waals surface area contributed by atoms with Gasteiger partial charge in [-0.15, -0.1) is 0 Å². The van der Waals surface area contributed by atoms with E-state index in [2.05, 4.69) is 30.8 Å². The van der Waals surface area contributed by atoms with Crippen molar-refractivity contribution in [3.05, 3.63) is 78.3 Å². The lowest BCUT2D eigenvalue weighted by molar-refractivity contribution is -0.111. The molecule has 4 N–H and O–H groups in total. The zero-order valence-electron chi connectivity index (χ0n) is 18.8. The third kappa shape index (κ3) is 6.60. The highest BCUT2D eigenvalue weighted by atomic mass is 19.1. The van der Waals surface area contributed by atoms with Crippen LogP contribution in [-0.2, 0) is 4.79 Å². The Hall–Kier alpha value is -3.82. The number of aryl methyl sites for hydroxylation is 1. The topological polar surface area (TPSA) is 102 Å². The van der Waals surface area contributed by atoms with Crippen molar-refractivity contribution >= 4 is 34.7 Å². The number of hydrogen-bond acceptors (Lipinski definition) is 7. The number of amides is 1. The molecule has 8 nitrogen and oxygen atoms in total. The van der Waals surface area contributed by atoms with E-state index in [1.165, 1.54) is 6.08 Å². The molecule has 0 saturated carbocycles. The molecule has 1 aliphatic rings. The summed E-state index contributed by atoms with van der Waals surface area (Å²) in [5, 5.41) is 18.4. The molecule has 176 valence electrons. The van der Waals surface area contributed by atoms with Crippen LogP contribution in [0.2, 0.25) is 0 Å². The van der Waals surface area contributed by atoms with Gasteiger partial charge in [0.15, 0.2) is 11.6 Å². The van der Waals surface area contributed by atoms with Crippen LogP contribution in [0.5, 0.6) is 0 Å². The van der Waals surface area contributed by atoms with Gasteiger partial charge in [-0.1, -0.05) is 24.3 Å². The summed E-state index contributed by atoms with van der Waals surface area (Å²) in [6, 6.07) is 14.6. The van der Waals surface area contributed by atoms with Crippen LogP contribution in [0.3, 0.4) is 0 Å². The summed E-state index contributed by atoms with van der Waals surface area (Å²) >= 11 is 0. The zero-order chi connectivity index (χ0) is 23.9. The van der Waals surface area contributed by atoms with Gasteiger partial charge in [-0.3, -0.25) is 9.69 Å². The highest BCUT2D eigenvalue weighted by Gasteiger charge is 2.18. The minimum absolute atomic E-state index is 0.0585. The number of benzene rings is 2. The van der Waals surface area contributed by atoms with Crippen LogP contribution in [0, 0.1) is 12.7 Å². The molecule has 2 aromatic carbocycles. The number of carbonyl (C=O) groups is 1. The van der Waals surface area contributed by atoms with Crippen molar-refractivity contribution in [2.45, 2.75) is 19.4 Å². The van der Waals surface area contributed by atoms with Gasteiger partial charge in [-0.25, -0.2) is 9.37 Å². The van der Waals surface area contributed by atoms with Crippen molar-refractivity contribution in [2.24, 2.45) is 0 Å². The molecule has 9 heteroatoms. The van der Waals surface area contributed by atoms with Crippen LogP contribution in [0.15, 0.2) is 66.9 Å². The van der Waals surface area contributed by atoms with E-state index in [-0.39, 0.29) is 23.8 Å². The highest BCUT2D eigenvalue weighted by Crippen LogP contribution is 2.22. The number of aliphatic hydroxyl groups is 1. The molecule has 1 amide bonds. The Morgan fingerprint density at radius 3 is 2.71 bits per heavy atom. The Kier molecular flexibility index (Phi) is 7.46. The molecule has 0 bridgehead atoms. The molecule has 0 spiro atoms. The smallest absolute Gasteiger partial charge is 0.248 e. The summed E-state index contributed by atoms with van der Waals surface area (Å²) in [4.78, 5) is 22.6. The maximum absolute atomic E-state index is 14.2. The molecule has 0 unspecified atom stereocenters. The van der Waals surface area contributed by atoms with Gasteiger partial charge < -0.3 is 21.1 Å². The third-order valence-electron chi connectivity index (χ3n) is 5.29. The quantitative estimate of drug-likeness (QED) is 0.376. The summed E-state index contributed by atoms with van der Waals surface area (Å²) in [6.45, 7) is 4.03. The number of anilines is 5. The first kappa shape index (κ1) is 23.3. The second-order valence-electron chi connectivity index (χ2n) is 8.18. The van der Waals surface area contributed by atoms with Gasteiger partial charge in [-0.05, 0) is 49.2 Å². The normalized spacial score (nSPS) is 16.0. The molecule has 0 radical (unpaired) electrons. The number of halogens is 1. The number of carbonyl (C=O) groups excluding carboxylic acids is 1. The summed E-state index contributed by atoms with van der Waals surface area (Å²) in [5.41, 5.74) is 3.00. The van der Waals surface area contributed by atoms with Crippen molar-refractivity contribution in [1.82, 2.24) is 14.9 Å². The van der Waals surface area contributed by atoms with Crippen molar-refractivity contribution in [3.63, 3.8) is 0 Å². The van der Waals surface area contributed by atoms with E-state index in [9.17, 15) is 14.3 Å². The lowest BCUT2D eigenvalue weighted by Crippen LogP contribution is -2.22. The van der Waals surface area contributed by atoms with E-state index < -0.39 is 5.82 Å². The average molecular weight is 463 g/mol. The standard InChI is InChI=1S/C25H27FN6O2/c1-17-5-2-6-18(13-17)29-24-22(26)15-27-25(31-24)30-20-8-3-7-19(14-20)28-23(34)9-4-11-32-12-10-21(33)16-32/h2-9,13-15,21,33H,10-12,16H2,1H3,(H,28,34)(H2,27,29,30,31)/b9-4+/t21-/m0/s1. The van der Waals surface area contributed by atoms with Crippen LogP contribution < -0.4 is 16.0 Å². The lowest BCUT2D eigenvalue weighted by atomic mass is 10.2. The summed E-state index contributed by atoms with van der Waals surface area (Å²) in [7, 11) is 0. The second kappa shape index (κ2) is 10.9. The number of rotatable bonds is 8. The first-order valence-electron chi connectivity index (χ1n) is 11.1. The minimum atomic E-state index is -0.566. The van der Waals surface area contributed by atoms with Crippen molar-refractivity contribution in [1.29, 1.82) is 0 Å². The third-order valence-corrected chi connectivity index (χ3v) is 5.29. The molecule has 1 saturated heterocycles. The number of aliphatic hydroxyl groups excluding tert-OH is 1. The first-order valence-corrected chi connectivity index (χ1v) is 11.1. The van der Waals surface area contributed by atoms with E-state index in [1.54, 1.807) is 30.3 Å². The van der Waals surface area contributed by atoms with E-state index >= 15 is 0 Å². The van der Waals surface area contributed by atoms with Gasteiger partial charge >= 0.3 is 0 Å². The molecule has 0 aliphatic carbocycles. The monoisotopic (exact) mass is 462 g/mol. The highest BCUT2D eigenvalue weighted by molar-refractivity contribution is 5.99. The van der Waals surface area contributed by atoms with Crippen LogP contribution >= 0.6 is 0 Å². The molecule has 1 fully saturated rings. The van der Waals surface area contributed by atoms with Crippen molar-refractivity contribution in [3.8, 4) is 0 Å². The van der Waals surface area contributed by atoms with Gasteiger partial charge in [0.1, 0.15) is 0 Å². The van der Waals surface area contributed by atoms with Gasteiger partial charge in [0.05, 0.1) is 12.3 Å². The van der Waals surface area contributed by atoms with Crippen LogP contribution in [0.25, 0.3) is 0 Å². The minimum Gasteiger partial charge on any atom is -0.392 e. The van der Waals surface area contributed by atoms with Gasteiger partial charge in [0.25, 0.3) is 0 Å². The summed E-state index contributed by atoms with van der Waals surface area (Å²) < 4.78 is 14.2. The molecule has 1 atom stereocenters. The maximum atomic E-state index is 14.2. The number of likely N-dealkylation sites (tertiary alicyclic amines) is 1. The molecule has 3 aromatic rings. The molecule has 1 aromatic heterocycles. The van der Waals surface area contributed by atoms with E-state index in [0.29, 0.717) is 24.5 Å². The van der Waals surface area contributed by atoms with Crippen LogP contribution in [0.1, 0.15) is 12.0 Å². The fraction of sp³-hybridized carbons (Fsp3) is 0.240. The Balaban J connectivity index is 1.37. The second-order valence-corrected chi connectivity index (χ2v) is 8.18. The molecule has 4 rings (SSSR count). The number of hydrogen-bond donors (Lipinski definition) is 4. The van der Waals surface area contributed by atoms with Crippen molar-refractivity contribution < 1.29 is 14.3 Å². The fourth-order valence-electron chi connectivity index (χ4n) is 3.65. The fourth-order valence-corrected chi connectivity index (χ4v) is 3.65. The Labute approximate surface area is 197 Å². The Morgan fingerprint density at radius 1 is 1.18 bits per heavy atom. The lowest BCUT2D eigenvalue weighted by Gasteiger charge is -2.11. The average Bonchev–Trinajstić information content (AvgIpc) is 3.21. The summed E-state index contributed by atoms with van der Waals surface area (Å²) in [6.07, 6.45) is 4.85. The number of β-amino-alcohol motifs (C(OH)–C–C–N with tert-alkyl or cyclic N) is 1. The van der Waals surface area contributed by atoms with Crippen molar-refractivity contribution in [2.75, 3.05) is 35.6 Å². The Morgan fingerprint density at radius 2 is 1.94 bits per heavy atom. The van der Waals surface area contributed by atoms with E-state index in [1.807, 2.05) is 31.2 Å². The van der Waals surface area contributed by atoms with E-state index in [4.69, 9.17) is 0 Å². The summed E-state index contributed by atoms with van der Waals surface area (Å²) in [5.74, 6) is -0.543. The number of nitrogens with one attached hydrogen (secondary N) is 3. The Bertz CT molecular complexity index is 1190. The molecular weight excluding hydrogens is 435 g/mol. The maximum Gasteiger partial charge on any atom is 0.248 e. The molecule has 2 heterocycles. The predicted octanol–water partition coefficient (Wildman–Crippen LogP) is 3.97. The van der Waals surface area contributed by atoms with Gasteiger partial charge in [-0.2, -0.15) is 4.98 Å². The SMILES string of the molecule is Cc1cccc(Nc2nc(Nc3cccc(NC(=O)/C=C/CN4CC[C@H](O)C4)c3)ncc2F)c1. The van der Waals surface area contributed by atoms with Gasteiger partial charge in [0.2, 0.25) is 11.9 Å². The zero-order valence-corrected chi connectivity index (χ0v) is 18.8. The largest absolute Gasteiger partial charge is 0.392 e. The van der Waals surface area contributed by atoms with Gasteiger partial charge in [0, 0.05) is 42.8 Å². The van der Waals surface area contributed by atoms with E-state index in [0.717, 1.165) is 30.4 Å². The number of aromatic nitrogens is 2. The number of nitrogens with zero attached hydrogens (tertiary/aromatic N) is 3. The predicted molar refractivity (Wildman–Crippen MR) is 131 cm³/mol. The van der Waals surface area contributed by atoms with Crippen LogP contribution in [0.4, 0.5) is 33.2 Å².